The third kappa shape index (κ3) is 3.15. The summed E-state index contributed by atoms with van der Waals surface area (Å²) in [6, 6.07) is 0.101. The van der Waals surface area contributed by atoms with E-state index in [1.807, 2.05) is 6.92 Å². The Kier molecular flexibility index (Phi) is 4.62. The minimum absolute atomic E-state index is 0.0909. The number of hydrogen-bond acceptors (Lipinski definition) is 4. The maximum absolute atomic E-state index is 12.6. The first-order chi connectivity index (χ1) is 10.2. The predicted octanol–water partition coefficient (Wildman–Crippen LogP) is 2.08. The number of aryl methyl sites for hydroxylation is 1. The van der Waals surface area contributed by atoms with Gasteiger partial charge in [0.15, 0.2) is 0 Å². The molecule has 21 heavy (non-hydrogen) atoms. The van der Waals surface area contributed by atoms with Gasteiger partial charge in [-0.1, -0.05) is 0 Å². The summed E-state index contributed by atoms with van der Waals surface area (Å²) in [6.07, 6.45) is 4.76. The predicted molar refractivity (Wildman–Crippen MR) is 85.1 cm³/mol. The van der Waals surface area contributed by atoms with Gasteiger partial charge in [0.25, 0.3) is 5.91 Å². The van der Waals surface area contributed by atoms with E-state index in [0.29, 0.717) is 6.61 Å². The van der Waals surface area contributed by atoms with Crippen LogP contribution in [0.25, 0.3) is 0 Å². The zero-order valence-corrected chi connectivity index (χ0v) is 13.7. The Balaban J connectivity index is 1.70. The second kappa shape index (κ2) is 6.46. The van der Waals surface area contributed by atoms with E-state index in [0.717, 1.165) is 30.8 Å². The number of nitrogens with zero attached hydrogens (tertiary/aromatic N) is 1. The number of fused-ring (bicyclic) bond motifs is 1. The largest absolute Gasteiger partial charge is 0.375 e. The third-order valence-electron chi connectivity index (χ3n) is 4.46. The molecule has 4 nitrogen and oxygen atoms in total. The maximum Gasteiger partial charge on any atom is 0.261 e. The molecule has 5 heteroatoms. The molecule has 1 aromatic rings. The van der Waals surface area contributed by atoms with Gasteiger partial charge in [-0.15, -0.1) is 11.3 Å². The van der Waals surface area contributed by atoms with Crippen molar-refractivity contribution in [2.24, 2.45) is 0 Å². The van der Waals surface area contributed by atoms with Crippen LogP contribution in [0.3, 0.4) is 0 Å². The van der Waals surface area contributed by atoms with Crippen LogP contribution in [0.1, 0.15) is 40.6 Å². The molecule has 0 bridgehead atoms. The number of thiophene rings is 1. The third-order valence-corrected chi connectivity index (χ3v) is 5.53. The Morgan fingerprint density at radius 2 is 2.24 bits per heavy atom. The van der Waals surface area contributed by atoms with Crippen LogP contribution < -0.4 is 5.32 Å². The first-order valence-electron chi connectivity index (χ1n) is 7.89. The summed E-state index contributed by atoms with van der Waals surface area (Å²) in [5.74, 6) is 0.0909. The lowest BCUT2D eigenvalue weighted by molar-refractivity contribution is 0.0514. The second-order valence-electron chi connectivity index (χ2n) is 6.07. The number of carbonyl (C=O) groups excluding carboxylic acids is 1. The van der Waals surface area contributed by atoms with Crippen molar-refractivity contribution in [1.82, 2.24) is 10.2 Å². The Morgan fingerprint density at radius 1 is 1.43 bits per heavy atom. The normalized spacial score (nSPS) is 25.8. The monoisotopic (exact) mass is 308 g/mol. The molecule has 0 spiro atoms. The standard InChI is InChI=1S/C16H24N2O2S/c1-3-20-14-9-18(2)8-13(14)17-16(19)15-12-7-5-4-6-11(12)10-21-15/h10,13-14H,3-9H2,1-2H3,(H,17,19)/t13-,14-/m1/s1. The van der Waals surface area contributed by atoms with Gasteiger partial charge in [0.05, 0.1) is 17.0 Å². The van der Waals surface area contributed by atoms with Gasteiger partial charge in [0, 0.05) is 19.7 Å². The van der Waals surface area contributed by atoms with E-state index >= 15 is 0 Å². The van der Waals surface area contributed by atoms with Crippen LogP contribution in [0, 0.1) is 0 Å². The van der Waals surface area contributed by atoms with Crippen LogP contribution in [0.2, 0.25) is 0 Å². The molecule has 0 saturated carbocycles. The van der Waals surface area contributed by atoms with Crippen LogP contribution >= 0.6 is 11.3 Å². The van der Waals surface area contributed by atoms with Crippen molar-refractivity contribution in [3.8, 4) is 0 Å². The van der Waals surface area contributed by atoms with Crippen LogP contribution in [0.4, 0.5) is 0 Å². The molecule has 2 heterocycles. The van der Waals surface area contributed by atoms with Gasteiger partial charge in [-0.05, 0) is 56.2 Å². The fourth-order valence-corrected chi connectivity index (χ4v) is 4.49. The summed E-state index contributed by atoms with van der Waals surface area (Å²) in [4.78, 5) is 15.8. The van der Waals surface area contributed by atoms with Crippen LogP contribution in [0.15, 0.2) is 5.38 Å². The first-order valence-corrected chi connectivity index (χ1v) is 8.77. The summed E-state index contributed by atoms with van der Waals surface area (Å²) in [5, 5.41) is 5.37. The molecule has 0 unspecified atom stereocenters. The zero-order valence-electron chi connectivity index (χ0n) is 12.9. The van der Waals surface area contributed by atoms with Crippen LogP contribution in [-0.4, -0.2) is 49.7 Å². The van der Waals surface area contributed by atoms with Crippen molar-refractivity contribution in [1.29, 1.82) is 0 Å². The minimum Gasteiger partial charge on any atom is -0.375 e. The van der Waals surface area contributed by atoms with E-state index in [4.69, 9.17) is 4.74 Å². The van der Waals surface area contributed by atoms with Crippen molar-refractivity contribution >= 4 is 17.2 Å². The van der Waals surface area contributed by atoms with Crippen molar-refractivity contribution in [2.75, 3.05) is 26.7 Å². The maximum atomic E-state index is 12.6. The van der Waals surface area contributed by atoms with Crippen molar-refractivity contribution in [3.63, 3.8) is 0 Å². The number of hydrogen-bond donors (Lipinski definition) is 1. The molecular formula is C16H24N2O2S. The Bertz CT molecular complexity index is 514. The number of ether oxygens (including phenoxy) is 1. The zero-order chi connectivity index (χ0) is 14.8. The van der Waals surface area contributed by atoms with E-state index < -0.39 is 0 Å². The summed E-state index contributed by atoms with van der Waals surface area (Å²) in [6.45, 7) is 4.46. The highest BCUT2D eigenvalue weighted by molar-refractivity contribution is 7.12. The molecule has 2 aliphatic rings. The molecule has 1 saturated heterocycles. The second-order valence-corrected chi connectivity index (χ2v) is 6.95. The average molecular weight is 308 g/mol. The van der Waals surface area contributed by atoms with Gasteiger partial charge in [0.2, 0.25) is 0 Å². The highest BCUT2D eigenvalue weighted by Crippen LogP contribution is 2.30. The summed E-state index contributed by atoms with van der Waals surface area (Å²) >= 11 is 1.61. The molecule has 1 aliphatic carbocycles. The molecular weight excluding hydrogens is 284 g/mol. The highest BCUT2D eigenvalue weighted by Gasteiger charge is 2.33. The first kappa shape index (κ1) is 15.0. The SMILES string of the molecule is CCO[C@@H]1CN(C)C[C@H]1NC(=O)c1scc2c1CCCC2. The molecule has 3 rings (SSSR count). The number of likely N-dealkylation sites (tertiary alicyclic amines) is 1. The fraction of sp³-hybridized carbons (Fsp3) is 0.688. The summed E-state index contributed by atoms with van der Waals surface area (Å²) in [7, 11) is 2.07. The van der Waals surface area contributed by atoms with Gasteiger partial charge < -0.3 is 15.0 Å². The fourth-order valence-electron chi connectivity index (χ4n) is 3.43. The molecule has 1 fully saturated rings. The molecule has 1 aromatic heterocycles. The lowest BCUT2D eigenvalue weighted by atomic mass is 9.94. The Labute approximate surface area is 130 Å². The number of amides is 1. The van der Waals surface area contributed by atoms with Gasteiger partial charge in [0.1, 0.15) is 0 Å². The van der Waals surface area contributed by atoms with Crippen molar-refractivity contribution in [2.45, 2.75) is 44.8 Å². The molecule has 1 aliphatic heterocycles. The number of likely N-dealkylation sites (N-methyl/N-ethyl adjacent to an activating group) is 1. The van der Waals surface area contributed by atoms with Crippen LogP contribution in [-0.2, 0) is 17.6 Å². The van der Waals surface area contributed by atoms with Gasteiger partial charge in [-0.3, -0.25) is 4.79 Å². The molecule has 116 valence electrons. The van der Waals surface area contributed by atoms with Gasteiger partial charge in [-0.25, -0.2) is 0 Å². The summed E-state index contributed by atoms with van der Waals surface area (Å²) in [5.41, 5.74) is 2.68. The van der Waals surface area contributed by atoms with E-state index in [-0.39, 0.29) is 18.1 Å². The molecule has 2 atom stereocenters. The molecule has 1 N–H and O–H groups in total. The van der Waals surface area contributed by atoms with E-state index in [1.165, 1.54) is 24.0 Å². The Morgan fingerprint density at radius 3 is 3.05 bits per heavy atom. The van der Waals surface area contributed by atoms with Gasteiger partial charge >= 0.3 is 0 Å². The topological polar surface area (TPSA) is 41.6 Å². The summed E-state index contributed by atoms with van der Waals surface area (Å²) < 4.78 is 5.76. The lowest BCUT2D eigenvalue weighted by Gasteiger charge is -2.20. The van der Waals surface area contributed by atoms with E-state index in [1.54, 1.807) is 11.3 Å². The van der Waals surface area contributed by atoms with Crippen LogP contribution in [0.5, 0.6) is 0 Å². The van der Waals surface area contributed by atoms with E-state index in [9.17, 15) is 4.79 Å². The number of carbonyl (C=O) groups is 1. The Hall–Kier alpha value is -0.910. The van der Waals surface area contributed by atoms with E-state index in [2.05, 4.69) is 22.6 Å². The highest BCUT2D eigenvalue weighted by atomic mass is 32.1. The smallest absolute Gasteiger partial charge is 0.261 e. The van der Waals surface area contributed by atoms with Crippen molar-refractivity contribution < 1.29 is 9.53 Å². The molecule has 1 amide bonds. The average Bonchev–Trinajstić information content (AvgIpc) is 3.03. The van der Waals surface area contributed by atoms with Crippen molar-refractivity contribution in [3.05, 3.63) is 21.4 Å². The minimum atomic E-state index is 0.0909. The number of rotatable bonds is 4. The quantitative estimate of drug-likeness (QED) is 0.926. The molecule has 0 radical (unpaired) electrons. The van der Waals surface area contributed by atoms with Gasteiger partial charge in [-0.2, -0.15) is 0 Å². The molecule has 0 aromatic carbocycles. The number of nitrogens with one attached hydrogen (secondary N) is 1. The lowest BCUT2D eigenvalue weighted by Crippen LogP contribution is -2.44.